The van der Waals surface area contributed by atoms with Crippen LogP contribution in [0.25, 0.3) is 11.1 Å². The van der Waals surface area contributed by atoms with E-state index < -0.39 is 5.54 Å². The van der Waals surface area contributed by atoms with Crippen molar-refractivity contribution in [3.63, 3.8) is 0 Å². The van der Waals surface area contributed by atoms with Crippen LogP contribution in [-0.2, 0) is 10.3 Å². The fourth-order valence-electron chi connectivity index (χ4n) is 4.59. The van der Waals surface area contributed by atoms with Crippen molar-refractivity contribution in [1.29, 1.82) is 0 Å². The van der Waals surface area contributed by atoms with Crippen molar-refractivity contribution in [2.75, 3.05) is 0 Å². The van der Waals surface area contributed by atoms with Crippen LogP contribution >= 0.6 is 0 Å². The zero-order valence-corrected chi connectivity index (χ0v) is 15.5. The van der Waals surface area contributed by atoms with Gasteiger partial charge in [0.2, 0.25) is 0 Å². The van der Waals surface area contributed by atoms with Gasteiger partial charge in [-0.2, -0.15) is 0 Å². The SMILES string of the molecule is CC1NC(c2ccccc2)(c2ccc(F)c(-c3cncnc3)c2)C(=O)C2CC12. The van der Waals surface area contributed by atoms with E-state index in [1.54, 1.807) is 24.5 Å². The first kappa shape index (κ1) is 17.2. The van der Waals surface area contributed by atoms with Gasteiger partial charge < -0.3 is 0 Å². The lowest BCUT2D eigenvalue weighted by Crippen LogP contribution is -2.58. The van der Waals surface area contributed by atoms with Crippen LogP contribution in [0.3, 0.4) is 0 Å². The Bertz CT molecular complexity index is 1040. The molecule has 0 radical (unpaired) electrons. The lowest BCUT2D eigenvalue weighted by molar-refractivity contribution is -0.128. The highest BCUT2D eigenvalue weighted by molar-refractivity contribution is 5.98. The zero-order valence-electron chi connectivity index (χ0n) is 15.5. The second-order valence-corrected chi connectivity index (χ2v) is 7.74. The molecule has 28 heavy (non-hydrogen) atoms. The maximum absolute atomic E-state index is 14.6. The summed E-state index contributed by atoms with van der Waals surface area (Å²) < 4.78 is 14.6. The first-order chi connectivity index (χ1) is 13.6. The summed E-state index contributed by atoms with van der Waals surface area (Å²) in [5.74, 6) is 0.267. The van der Waals surface area contributed by atoms with Gasteiger partial charge >= 0.3 is 0 Å². The van der Waals surface area contributed by atoms with Crippen molar-refractivity contribution in [2.24, 2.45) is 11.8 Å². The summed E-state index contributed by atoms with van der Waals surface area (Å²) in [6.07, 6.45) is 5.50. The lowest BCUT2D eigenvalue weighted by Gasteiger charge is -2.41. The fraction of sp³-hybridized carbons (Fsp3) is 0.261. The Morgan fingerprint density at radius 1 is 1.07 bits per heavy atom. The molecule has 5 rings (SSSR count). The summed E-state index contributed by atoms with van der Waals surface area (Å²) in [5, 5.41) is 3.60. The number of nitrogens with one attached hydrogen (secondary N) is 1. The number of fused-ring (bicyclic) bond motifs is 1. The van der Waals surface area contributed by atoms with Gasteiger partial charge in [0.15, 0.2) is 5.78 Å². The molecule has 1 aliphatic heterocycles. The second-order valence-electron chi connectivity index (χ2n) is 7.74. The van der Waals surface area contributed by atoms with Gasteiger partial charge in [-0.05, 0) is 42.5 Å². The first-order valence-electron chi connectivity index (χ1n) is 9.54. The summed E-state index contributed by atoms with van der Waals surface area (Å²) >= 11 is 0. The molecule has 2 heterocycles. The van der Waals surface area contributed by atoms with E-state index in [1.165, 1.54) is 12.4 Å². The van der Waals surface area contributed by atoms with Crippen molar-refractivity contribution in [1.82, 2.24) is 15.3 Å². The maximum atomic E-state index is 14.6. The van der Waals surface area contributed by atoms with Crippen LogP contribution in [0.5, 0.6) is 0 Å². The largest absolute Gasteiger partial charge is 0.296 e. The molecule has 0 bridgehead atoms. The van der Waals surface area contributed by atoms with Crippen LogP contribution in [-0.4, -0.2) is 21.8 Å². The monoisotopic (exact) mass is 373 g/mol. The number of carbonyl (C=O) groups is 1. The van der Waals surface area contributed by atoms with Crippen LogP contribution in [0.1, 0.15) is 24.5 Å². The Morgan fingerprint density at radius 2 is 1.82 bits per heavy atom. The van der Waals surface area contributed by atoms with E-state index in [0.29, 0.717) is 17.0 Å². The number of ketones is 1. The number of nitrogens with zero attached hydrogens (tertiary/aromatic N) is 2. The number of Topliss-reactive ketones (excluding diaryl/α,β-unsaturated/α-hetero) is 1. The normalized spacial score (nSPS) is 28.6. The smallest absolute Gasteiger partial charge is 0.165 e. The van der Waals surface area contributed by atoms with Crippen molar-refractivity contribution < 1.29 is 9.18 Å². The topological polar surface area (TPSA) is 54.9 Å². The van der Waals surface area contributed by atoms with Gasteiger partial charge in [-0.3, -0.25) is 10.1 Å². The van der Waals surface area contributed by atoms with E-state index in [0.717, 1.165) is 17.5 Å². The van der Waals surface area contributed by atoms with Crippen LogP contribution < -0.4 is 5.32 Å². The van der Waals surface area contributed by atoms with Gasteiger partial charge in [0.05, 0.1) is 0 Å². The van der Waals surface area contributed by atoms with Gasteiger partial charge in [-0.1, -0.05) is 36.4 Å². The molecule has 1 aromatic heterocycles. The molecular weight excluding hydrogens is 353 g/mol. The van der Waals surface area contributed by atoms with Crippen molar-refractivity contribution in [2.45, 2.75) is 24.9 Å². The molecular formula is C23H20FN3O. The second kappa shape index (κ2) is 6.31. The van der Waals surface area contributed by atoms with Gasteiger partial charge in [-0.15, -0.1) is 0 Å². The van der Waals surface area contributed by atoms with Gasteiger partial charge in [0.1, 0.15) is 17.7 Å². The fourth-order valence-corrected chi connectivity index (χ4v) is 4.59. The highest BCUT2D eigenvalue weighted by Crippen LogP contribution is 2.52. The summed E-state index contributed by atoms with van der Waals surface area (Å²) in [6.45, 7) is 2.13. The molecule has 0 amide bonds. The lowest BCUT2D eigenvalue weighted by atomic mass is 9.74. The number of halogens is 1. The Hall–Kier alpha value is -2.92. The minimum absolute atomic E-state index is 0.0602. The van der Waals surface area contributed by atoms with E-state index in [4.69, 9.17) is 0 Å². The summed E-state index contributed by atoms with van der Waals surface area (Å²) in [5.41, 5.74) is 1.65. The summed E-state index contributed by atoms with van der Waals surface area (Å²) in [4.78, 5) is 21.6. The van der Waals surface area contributed by atoms with Crippen LogP contribution in [0, 0.1) is 17.7 Å². The molecule has 2 aliphatic rings. The predicted molar refractivity (Wildman–Crippen MR) is 104 cm³/mol. The number of hydrogen-bond acceptors (Lipinski definition) is 4. The zero-order chi connectivity index (χ0) is 19.3. The predicted octanol–water partition coefficient (Wildman–Crippen LogP) is 3.72. The van der Waals surface area contributed by atoms with Crippen LogP contribution in [0.4, 0.5) is 4.39 Å². The molecule has 1 saturated heterocycles. The quantitative estimate of drug-likeness (QED) is 0.760. The number of hydrogen-bond donors (Lipinski definition) is 1. The number of piperidine rings is 1. The van der Waals surface area contributed by atoms with E-state index in [-0.39, 0.29) is 23.6 Å². The van der Waals surface area contributed by atoms with E-state index in [2.05, 4.69) is 22.2 Å². The molecule has 1 saturated carbocycles. The Balaban J connectivity index is 1.72. The van der Waals surface area contributed by atoms with Crippen molar-refractivity contribution in [3.05, 3.63) is 84.2 Å². The summed E-state index contributed by atoms with van der Waals surface area (Å²) in [7, 11) is 0. The van der Waals surface area contributed by atoms with Gasteiger partial charge in [-0.25, -0.2) is 14.4 Å². The molecule has 1 N–H and O–H groups in total. The van der Waals surface area contributed by atoms with E-state index >= 15 is 0 Å². The molecule has 1 aliphatic carbocycles. The Labute approximate surface area is 162 Å². The molecule has 4 atom stereocenters. The Kier molecular flexibility index (Phi) is 3.88. The number of aromatic nitrogens is 2. The van der Waals surface area contributed by atoms with Crippen molar-refractivity contribution >= 4 is 5.78 Å². The Morgan fingerprint density at radius 3 is 2.57 bits per heavy atom. The maximum Gasteiger partial charge on any atom is 0.165 e. The molecule has 3 aromatic rings. The molecule has 0 spiro atoms. The molecule has 140 valence electrons. The highest BCUT2D eigenvalue weighted by Gasteiger charge is 2.60. The van der Waals surface area contributed by atoms with E-state index in [9.17, 15) is 9.18 Å². The van der Waals surface area contributed by atoms with E-state index in [1.807, 2.05) is 30.3 Å². The molecule has 2 fully saturated rings. The average molecular weight is 373 g/mol. The standard InChI is InChI=1S/C23H20FN3O/c1-14-18-10-20(18)22(28)23(27-14,16-5-3-2-4-6-16)17-7-8-21(24)19(9-17)15-11-25-13-26-12-15/h2-9,11-14,18,20,27H,10H2,1H3. The third-order valence-electron chi connectivity index (χ3n) is 6.11. The number of benzene rings is 2. The van der Waals surface area contributed by atoms with Crippen molar-refractivity contribution in [3.8, 4) is 11.1 Å². The minimum atomic E-state index is -0.976. The number of rotatable bonds is 3. The summed E-state index contributed by atoms with van der Waals surface area (Å²) in [6, 6.07) is 14.9. The highest BCUT2D eigenvalue weighted by atomic mass is 19.1. The minimum Gasteiger partial charge on any atom is -0.296 e. The number of carbonyl (C=O) groups excluding carboxylic acids is 1. The van der Waals surface area contributed by atoms with Gasteiger partial charge in [0, 0.05) is 35.5 Å². The first-order valence-corrected chi connectivity index (χ1v) is 9.54. The van der Waals surface area contributed by atoms with Crippen LogP contribution in [0.15, 0.2) is 67.3 Å². The molecule has 5 heteroatoms. The molecule has 4 unspecified atom stereocenters. The average Bonchev–Trinajstić information content (AvgIpc) is 3.54. The molecule has 2 aromatic carbocycles. The molecule has 4 nitrogen and oxygen atoms in total. The third kappa shape index (κ3) is 2.50. The third-order valence-corrected chi connectivity index (χ3v) is 6.11. The van der Waals surface area contributed by atoms with Crippen LogP contribution in [0.2, 0.25) is 0 Å². The van der Waals surface area contributed by atoms with Gasteiger partial charge in [0.25, 0.3) is 0 Å².